The van der Waals surface area contributed by atoms with Crippen LogP contribution in [0.4, 0.5) is 11.4 Å². The molecule has 0 aliphatic carbocycles. The van der Waals surface area contributed by atoms with Crippen LogP contribution in [0, 0.1) is 20.2 Å². The predicted octanol–water partition coefficient (Wildman–Crippen LogP) is 1.61. The fraction of sp³-hybridized carbons (Fsp3) is 0.250. The van der Waals surface area contributed by atoms with Crippen LogP contribution < -0.4 is 5.30 Å². The molecule has 0 bridgehead atoms. The summed E-state index contributed by atoms with van der Waals surface area (Å²) in [5.41, 5.74) is -1.17. The van der Waals surface area contributed by atoms with Crippen LogP contribution in [0.15, 0.2) is 18.2 Å². The van der Waals surface area contributed by atoms with Gasteiger partial charge in [0.05, 0.1) is 15.9 Å². The molecule has 98 valence electrons. The molecule has 0 spiro atoms. The molecular formula is C8H9N2O7P. The molecule has 0 aromatic heterocycles. The minimum atomic E-state index is -3.84. The fourth-order valence-corrected chi connectivity index (χ4v) is 2.50. The molecule has 0 amide bonds. The maximum atomic E-state index is 12.0. The maximum Gasteiger partial charge on any atom is 0.367 e. The number of nitro groups is 2. The van der Waals surface area contributed by atoms with Gasteiger partial charge in [-0.05, 0) is 6.07 Å². The summed E-state index contributed by atoms with van der Waals surface area (Å²) in [6, 6.07) is 2.69. The molecule has 0 fully saturated rings. The van der Waals surface area contributed by atoms with Gasteiger partial charge in [-0.15, -0.1) is 0 Å². The second-order valence-corrected chi connectivity index (χ2v) is 5.26. The van der Waals surface area contributed by atoms with Crippen LogP contribution in [0.2, 0.25) is 0 Å². The summed E-state index contributed by atoms with van der Waals surface area (Å²) in [4.78, 5) is 19.7. The number of non-ortho nitro benzene ring substituents is 1. The lowest BCUT2D eigenvalue weighted by atomic mass is 10.3. The molecule has 10 heteroatoms. The minimum Gasteiger partial charge on any atom is -0.308 e. The maximum absolute atomic E-state index is 12.0. The molecule has 18 heavy (non-hydrogen) atoms. The van der Waals surface area contributed by atoms with Gasteiger partial charge in [-0.1, -0.05) is 0 Å². The van der Waals surface area contributed by atoms with Crippen molar-refractivity contribution >= 4 is 24.3 Å². The van der Waals surface area contributed by atoms with Gasteiger partial charge in [0.25, 0.3) is 11.4 Å². The molecule has 1 aromatic carbocycles. The van der Waals surface area contributed by atoms with Gasteiger partial charge in [0, 0.05) is 20.3 Å². The molecule has 0 unspecified atom stereocenters. The quantitative estimate of drug-likeness (QED) is 0.454. The van der Waals surface area contributed by atoms with Gasteiger partial charge >= 0.3 is 7.60 Å². The van der Waals surface area contributed by atoms with E-state index in [1.807, 2.05) is 0 Å². The van der Waals surface area contributed by atoms with Crippen molar-refractivity contribution in [2.45, 2.75) is 0 Å². The van der Waals surface area contributed by atoms with E-state index in [1.165, 1.54) is 0 Å². The molecule has 0 saturated heterocycles. The lowest BCUT2D eigenvalue weighted by Crippen LogP contribution is -2.13. The second kappa shape index (κ2) is 5.21. The Labute approximate surface area is 101 Å². The highest BCUT2D eigenvalue weighted by Gasteiger charge is 2.34. The summed E-state index contributed by atoms with van der Waals surface area (Å²) in [7, 11) is -1.71. The zero-order valence-electron chi connectivity index (χ0n) is 9.43. The topological polar surface area (TPSA) is 122 Å². The zero-order valence-corrected chi connectivity index (χ0v) is 10.3. The molecule has 0 aliphatic rings. The molecular weight excluding hydrogens is 267 g/mol. The third-order valence-corrected chi connectivity index (χ3v) is 4.07. The van der Waals surface area contributed by atoms with Crippen molar-refractivity contribution in [3.05, 3.63) is 38.4 Å². The van der Waals surface area contributed by atoms with E-state index in [9.17, 15) is 24.8 Å². The number of benzene rings is 1. The Morgan fingerprint density at radius 2 is 1.67 bits per heavy atom. The van der Waals surface area contributed by atoms with E-state index < -0.39 is 28.8 Å². The number of nitrogens with zero attached hydrogens (tertiary/aromatic N) is 2. The highest BCUT2D eigenvalue weighted by Crippen LogP contribution is 2.47. The Bertz CT molecular complexity index is 536. The molecule has 0 aliphatic heterocycles. The standard InChI is InChI=1S/C8H9N2O7P/c1-16-18(15,17-2)8-4-3-6(9(11)12)5-7(8)10(13)14/h3-5H,1-2H3. The molecule has 0 radical (unpaired) electrons. The van der Waals surface area contributed by atoms with E-state index in [-0.39, 0.29) is 5.30 Å². The van der Waals surface area contributed by atoms with Crippen LogP contribution in [0.25, 0.3) is 0 Å². The lowest BCUT2D eigenvalue weighted by molar-refractivity contribution is -0.393. The van der Waals surface area contributed by atoms with Gasteiger partial charge < -0.3 is 9.05 Å². The van der Waals surface area contributed by atoms with E-state index in [4.69, 9.17) is 0 Å². The molecule has 0 N–H and O–H groups in total. The van der Waals surface area contributed by atoms with Gasteiger partial charge in [-0.25, -0.2) is 0 Å². The van der Waals surface area contributed by atoms with Gasteiger partial charge in [0.2, 0.25) is 0 Å². The Balaban J connectivity index is 3.51. The average Bonchev–Trinajstić information content (AvgIpc) is 2.36. The third-order valence-electron chi connectivity index (χ3n) is 2.14. The van der Waals surface area contributed by atoms with Crippen molar-refractivity contribution in [1.29, 1.82) is 0 Å². The van der Waals surface area contributed by atoms with Crippen LogP contribution in [-0.2, 0) is 13.6 Å². The SMILES string of the molecule is COP(=O)(OC)c1ccc([N+](=O)[O-])cc1[N+](=O)[O-]. The average molecular weight is 276 g/mol. The number of hydrogen-bond donors (Lipinski definition) is 0. The molecule has 9 nitrogen and oxygen atoms in total. The Kier molecular flexibility index (Phi) is 4.12. The highest BCUT2D eigenvalue weighted by atomic mass is 31.2. The van der Waals surface area contributed by atoms with Gasteiger partial charge in [0.1, 0.15) is 5.30 Å². The highest BCUT2D eigenvalue weighted by molar-refractivity contribution is 7.62. The predicted molar refractivity (Wildman–Crippen MR) is 61.0 cm³/mol. The van der Waals surface area contributed by atoms with Crippen LogP contribution in [0.1, 0.15) is 0 Å². The lowest BCUT2D eigenvalue weighted by Gasteiger charge is -2.13. The molecule has 1 rings (SSSR count). The van der Waals surface area contributed by atoms with Crippen molar-refractivity contribution in [2.24, 2.45) is 0 Å². The summed E-state index contributed by atoms with van der Waals surface area (Å²) in [6.45, 7) is 0. The Hall–Kier alpha value is -1.83. The summed E-state index contributed by atoms with van der Waals surface area (Å²) >= 11 is 0. The van der Waals surface area contributed by atoms with Crippen LogP contribution in [-0.4, -0.2) is 24.1 Å². The first-order valence-electron chi connectivity index (χ1n) is 4.50. The minimum absolute atomic E-state index is 0.330. The van der Waals surface area contributed by atoms with E-state index >= 15 is 0 Å². The summed E-state index contributed by atoms with van der Waals surface area (Å²) in [6.07, 6.45) is 0. The number of rotatable bonds is 5. The van der Waals surface area contributed by atoms with Crippen molar-refractivity contribution in [2.75, 3.05) is 14.2 Å². The molecule has 0 atom stereocenters. The Morgan fingerprint density at radius 3 is 2.06 bits per heavy atom. The fourth-order valence-electron chi connectivity index (χ4n) is 1.27. The number of hydrogen-bond acceptors (Lipinski definition) is 7. The first kappa shape index (κ1) is 14.2. The van der Waals surface area contributed by atoms with Crippen molar-refractivity contribution in [1.82, 2.24) is 0 Å². The molecule has 0 heterocycles. The normalized spacial score (nSPS) is 11.2. The zero-order chi connectivity index (χ0) is 13.9. The van der Waals surface area contributed by atoms with E-state index in [1.54, 1.807) is 0 Å². The largest absolute Gasteiger partial charge is 0.367 e. The van der Waals surface area contributed by atoms with Crippen molar-refractivity contribution in [3.63, 3.8) is 0 Å². The summed E-state index contributed by atoms with van der Waals surface area (Å²) < 4.78 is 21.3. The van der Waals surface area contributed by atoms with Crippen molar-refractivity contribution < 1.29 is 23.5 Å². The summed E-state index contributed by atoms with van der Waals surface area (Å²) in [5, 5.41) is 21.0. The van der Waals surface area contributed by atoms with E-state index in [0.29, 0.717) is 6.07 Å². The van der Waals surface area contributed by atoms with Gasteiger partial charge in [0.15, 0.2) is 0 Å². The molecule has 1 aromatic rings. The van der Waals surface area contributed by atoms with Crippen LogP contribution in [0.5, 0.6) is 0 Å². The van der Waals surface area contributed by atoms with E-state index in [0.717, 1.165) is 26.4 Å². The second-order valence-electron chi connectivity index (χ2n) is 3.05. The third kappa shape index (κ3) is 2.53. The first-order valence-corrected chi connectivity index (χ1v) is 6.05. The first-order chi connectivity index (χ1) is 8.35. The summed E-state index contributed by atoms with van der Waals surface area (Å²) in [5.74, 6) is 0. The smallest absolute Gasteiger partial charge is 0.308 e. The Morgan fingerprint density at radius 1 is 1.11 bits per heavy atom. The monoisotopic (exact) mass is 276 g/mol. The van der Waals surface area contributed by atoms with E-state index in [2.05, 4.69) is 9.05 Å². The van der Waals surface area contributed by atoms with Crippen molar-refractivity contribution in [3.8, 4) is 0 Å². The van der Waals surface area contributed by atoms with Crippen LogP contribution >= 0.6 is 7.60 Å². The van der Waals surface area contributed by atoms with Gasteiger partial charge in [-0.2, -0.15) is 0 Å². The molecule has 0 saturated carbocycles. The number of nitro benzene ring substituents is 2. The van der Waals surface area contributed by atoms with Crippen LogP contribution in [0.3, 0.4) is 0 Å². The van der Waals surface area contributed by atoms with Gasteiger partial charge in [-0.3, -0.25) is 24.8 Å².